The monoisotopic (exact) mass is 185 g/mol. The van der Waals surface area contributed by atoms with Crippen molar-refractivity contribution in [1.29, 1.82) is 0 Å². The molecular weight excluding hydrogens is 170 g/mol. The molecule has 74 valence electrons. The summed E-state index contributed by atoms with van der Waals surface area (Å²) in [4.78, 5) is 22.5. The molecule has 0 atom stereocenters. The van der Waals surface area contributed by atoms with Gasteiger partial charge in [0.15, 0.2) is 5.78 Å². The lowest BCUT2D eigenvalue weighted by Gasteiger charge is -2.16. The Bertz CT molecular complexity index is 231. The van der Waals surface area contributed by atoms with Crippen molar-refractivity contribution >= 4 is 11.9 Å². The van der Waals surface area contributed by atoms with Gasteiger partial charge in [0.2, 0.25) is 0 Å². The molecule has 13 heavy (non-hydrogen) atoms. The van der Waals surface area contributed by atoms with Crippen LogP contribution in [0.25, 0.3) is 0 Å². The highest BCUT2D eigenvalue weighted by atomic mass is 16.5. The van der Waals surface area contributed by atoms with Gasteiger partial charge in [-0.3, -0.25) is 4.79 Å². The minimum absolute atomic E-state index is 0.0420. The lowest BCUT2D eigenvalue weighted by atomic mass is 10.0. The Morgan fingerprint density at radius 1 is 1.38 bits per heavy atom. The summed E-state index contributed by atoms with van der Waals surface area (Å²) < 4.78 is 4.45. The van der Waals surface area contributed by atoms with Crippen molar-refractivity contribution in [3.63, 3.8) is 0 Å². The third kappa shape index (κ3) is 1.99. The maximum atomic E-state index is 11.6. The van der Waals surface area contributed by atoms with E-state index >= 15 is 0 Å². The van der Waals surface area contributed by atoms with Crippen molar-refractivity contribution in [2.45, 2.75) is 32.2 Å². The summed E-state index contributed by atoms with van der Waals surface area (Å²) in [6, 6.07) is 0. The summed E-state index contributed by atoms with van der Waals surface area (Å²) in [6.07, 6.45) is 0.949. The van der Waals surface area contributed by atoms with Crippen LogP contribution in [-0.2, 0) is 9.53 Å². The molecule has 0 bridgehead atoms. The first kappa shape index (κ1) is 10.0. The van der Waals surface area contributed by atoms with Crippen LogP contribution in [0.5, 0.6) is 0 Å². The molecule has 1 rings (SSSR count). The normalized spacial score (nSPS) is 18.2. The van der Waals surface area contributed by atoms with Crippen LogP contribution in [0.2, 0.25) is 0 Å². The average molecular weight is 185 g/mol. The van der Waals surface area contributed by atoms with Gasteiger partial charge in [-0.2, -0.15) is 0 Å². The Labute approximate surface area is 77.6 Å². The summed E-state index contributed by atoms with van der Waals surface area (Å²) in [5.41, 5.74) is -0.610. The van der Waals surface area contributed by atoms with Gasteiger partial charge in [0, 0.05) is 5.92 Å². The molecule has 0 aromatic rings. The van der Waals surface area contributed by atoms with E-state index in [1.54, 1.807) is 0 Å². The molecule has 1 saturated carbocycles. The summed E-state index contributed by atoms with van der Waals surface area (Å²) >= 11 is 0. The number of rotatable bonds is 3. The summed E-state index contributed by atoms with van der Waals surface area (Å²) in [5.74, 6) is 0.0533. The van der Waals surface area contributed by atoms with E-state index in [4.69, 9.17) is 0 Å². The third-order valence-electron chi connectivity index (χ3n) is 2.27. The third-order valence-corrected chi connectivity index (χ3v) is 2.27. The molecule has 1 amide bonds. The zero-order chi connectivity index (χ0) is 10.1. The lowest BCUT2D eigenvalue weighted by Crippen LogP contribution is -2.44. The molecule has 1 N–H and O–H groups in total. The van der Waals surface area contributed by atoms with E-state index < -0.39 is 11.6 Å². The number of carbonyl (C=O) groups is 2. The molecule has 1 aliphatic carbocycles. The Balaban J connectivity index is 2.57. The van der Waals surface area contributed by atoms with Crippen molar-refractivity contribution in [1.82, 2.24) is 5.32 Å². The van der Waals surface area contributed by atoms with Crippen LogP contribution in [0, 0.1) is 5.92 Å². The fourth-order valence-electron chi connectivity index (χ4n) is 1.36. The molecular formula is C9H15NO3. The molecule has 1 fully saturated rings. The van der Waals surface area contributed by atoms with Crippen LogP contribution in [0.15, 0.2) is 0 Å². The first-order valence-electron chi connectivity index (χ1n) is 4.42. The van der Waals surface area contributed by atoms with Gasteiger partial charge in [0.1, 0.15) is 5.54 Å². The van der Waals surface area contributed by atoms with E-state index in [1.165, 1.54) is 7.11 Å². The number of hydrogen-bond acceptors (Lipinski definition) is 3. The quantitative estimate of drug-likeness (QED) is 0.716. The SMILES string of the molecule is COC(=O)NC1(C(=O)C(C)C)CC1. The Morgan fingerprint density at radius 2 is 1.92 bits per heavy atom. The number of carbonyl (C=O) groups excluding carboxylic acids is 2. The molecule has 1 aliphatic rings. The Kier molecular flexibility index (Phi) is 2.59. The van der Waals surface area contributed by atoms with Crippen LogP contribution >= 0.6 is 0 Å². The van der Waals surface area contributed by atoms with E-state index in [0.29, 0.717) is 0 Å². The van der Waals surface area contributed by atoms with Gasteiger partial charge in [-0.25, -0.2) is 4.79 Å². The number of Topliss-reactive ketones (excluding diaryl/α,β-unsaturated/α-hetero) is 1. The van der Waals surface area contributed by atoms with Gasteiger partial charge < -0.3 is 10.1 Å². The van der Waals surface area contributed by atoms with Crippen molar-refractivity contribution in [2.75, 3.05) is 7.11 Å². The van der Waals surface area contributed by atoms with Gasteiger partial charge in [0.05, 0.1) is 7.11 Å². The van der Waals surface area contributed by atoms with Crippen molar-refractivity contribution < 1.29 is 14.3 Å². The standard InChI is InChI=1S/C9H15NO3/c1-6(2)7(11)9(4-5-9)10-8(12)13-3/h6H,4-5H2,1-3H3,(H,10,12). The van der Waals surface area contributed by atoms with Gasteiger partial charge in [0.25, 0.3) is 0 Å². The molecule has 4 heteroatoms. The molecule has 0 heterocycles. The van der Waals surface area contributed by atoms with Crippen LogP contribution < -0.4 is 5.32 Å². The average Bonchev–Trinajstić information content (AvgIpc) is 2.84. The highest BCUT2D eigenvalue weighted by Gasteiger charge is 2.51. The second-order valence-corrected chi connectivity index (χ2v) is 3.72. The van der Waals surface area contributed by atoms with E-state index in [0.717, 1.165) is 12.8 Å². The van der Waals surface area contributed by atoms with Crippen molar-refractivity contribution in [3.8, 4) is 0 Å². The number of ketones is 1. The fourth-order valence-corrected chi connectivity index (χ4v) is 1.36. The fraction of sp³-hybridized carbons (Fsp3) is 0.778. The number of nitrogens with one attached hydrogen (secondary N) is 1. The second kappa shape index (κ2) is 3.36. The second-order valence-electron chi connectivity index (χ2n) is 3.72. The number of alkyl carbamates (subject to hydrolysis) is 1. The topological polar surface area (TPSA) is 55.4 Å². The molecule has 0 unspecified atom stereocenters. The minimum atomic E-state index is -0.610. The summed E-state index contributed by atoms with van der Waals surface area (Å²) in [7, 11) is 1.30. The van der Waals surface area contributed by atoms with Crippen molar-refractivity contribution in [3.05, 3.63) is 0 Å². The number of ether oxygens (including phenoxy) is 1. The van der Waals surface area contributed by atoms with Crippen LogP contribution in [-0.4, -0.2) is 24.5 Å². The summed E-state index contributed by atoms with van der Waals surface area (Å²) in [5, 5.41) is 2.59. The predicted molar refractivity (Wildman–Crippen MR) is 47.4 cm³/mol. The van der Waals surface area contributed by atoms with Crippen LogP contribution in [0.3, 0.4) is 0 Å². The van der Waals surface area contributed by atoms with Gasteiger partial charge in [-0.1, -0.05) is 13.8 Å². The van der Waals surface area contributed by atoms with Crippen molar-refractivity contribution in [2.24, 2.45) is 5.92 Å². The maximum absolute atomic E-state index is 11.6. The van der Waals surface area contributed by atoms with E-state index in [2.05, 4.69) is 10.1 Å². The van der Waals surface area contributed by atoms with Gasteiger partial charge in [-0.15, -0.1) is 0 Å². The lowest BCUT2D eigenvalue weighted by molar-refractivity contribution is -0.124. The molecule has 4 nitrogen and oxygen atoms in total. The molecule has 0 radical (unpaired) electrons. The number of hydrogen-bond donors (Lipinski definition) is 1. The number of methoxy groups -OCH3 is 1. The first-order valence-corrected chi connectivity index (χ1v) is 4.42. The predicted octanol–water partition coefficient (Wildman–Crippen LogP) is 1.10. The van der Waals surface area contributed by atoms with Gasteiger partial charge >= 0.3 is 6.09 Å². The zero-order valence-corrected chi connectivity index (χ0v) is 8.22. The van der Waals surface area contributed by atoms with Crippen LogP contribution in [0.4, 0.5) is 4.79 Å². The Hall–Kier alpha value is -1.06. The Morgan fingerprint density at radius 3 is 2.23 bits per heavy atom. The van der Waals surface area contributed by atoms with E-state index in [9.17, 15) is 9.59 Å². The largest absolute Gasteiger partial charge is 0.453 e. The maximum Gasteiger partial charge on any atom is 0.407 e. The molecule has 0 saturated heterocycles. The van der Waals surface area contributed by atoms with Crippen LogP contribution in [0.1, 0.15) is 26.7 Å². The van der Waals surface area contributed by atoms with E-state index in [1.807, 2.05) is 13.8 Å². The first-order chi connectivity index (χ1) is 6.02. The molecule has 0 aromatic carbocycles. The molecule has 0 spiro atoms. The highest BCUT2D eigenvalue weighted by molar-refractivity contribution is 5.95. The van der Waals surface area contributed by atoms with E-state index in [-0.39, 0.29) is 11.7 Å². The zero-order valence-electron chi connectivity index (χ0n) is 8.22. The van der Waals surface area contributed by atoms with Gasteiger partial charge in [-0.05, 0) is 12.8 Å². The smallest absolute Gasteiger partial charge is 0.407 e. The molecule has 0 aromatic heterocycles. The number of amides is 1. The highest BCUT2D eigenvalue weighted by Crippen LogP contribution is 2.38. The summed E-state index contributed by atoms with van der Waals surface area (Å²) in [6.45, 7) is 3.67. The molecule has 0 aliphatic heterocycles. The minimum Gasteiger partial charge on any atom is -0.453 e.